The van der Waals surface area contributed by atoms with Gasteiger partial charge in [-0.15, -0.1) is 0 Å². The maximum absolute atomic E-state index is 11.2. The summed E-state index contributed by atoms with van der Waals surface area (Å²) in [5.74, 6) is -0.0748. The third-order valence-electron chi connectivity index (χ3n) is 1.97. The Morgan fingerprint density at radius 1 is 1.35 bits per heavy atom. The molecule has 0 aliphatic carbocycles. The Morgan fingerprint density at radius 3 is 2.47 bits per heavy atom. The fraction of sp³-hybridized carbons (Fsp3) is 0.364. The van der Waals surface area contributed by atoms with Crippen molar-refractivity contribution in [3.63, 3.8) is 0 Å². The van der Waals surface area contributed by atoms with Crippen molar-refractivity contribution in [2.75, 3.05) is 5.75 Å². The van der Waals surface area contributed by atoms with Crippen LogP contribution in [0.4, 0.5) is 0 Å². The number of oxime groups is 1. The van der Waals surface area contributed by atoms with Crippen LogP contribution in [0.3, 0.4) is 0 Å². The largest absolute Gasteiger partial charge is 0.328 e. The summed E-state index contributed by atoms with van der Waals surface area (Å²) in [6.45, 7) is 3.68. The monoisotopic (exact) mass is 275 g/mol. The predicted molar refractivity (Wildman–Crippen MR) is 68.7 cm³/mol. The van der Waals surface area contributed by atoms with Crippen LogP contribution in [-0.4, -0.2) is 19.3 Å². The Bertz CT molecular complexity index is 494. The molecular formula is C11H14ClNO3S. The second-order valence-electron chi connectivity index (χ2n) is 3.58. The Labute approximate surface area is 106 Å². The van der Waals surface area contributed by atoms with Crippen LogP contribution >= 0.6 is 11.6 Å². The molecule has 0 N–H and O–H groups in total. The lowest BCUT2D eigenvalue weighted by atomic mass is 10.2. The molecule has 0 aliphatic rings. The van der Waals surface area contributed by atoms with Crippen molar-refractivity contribution in [2.45, 2.75) is 20.3 Å². The molecule has 6 heteroatoms. The van der Waals surface area contributed by atoms with Gasteiger partial charge in [-0.1, -0.05) is 53.5 Å². The summed E-state index contributed by atoms with van der Waals surface area (Å²) in [6.07, 6.45) is 0.472. The van der Waals surface area contributed by atoms with Crippen LogP contribution in [0, 0.1) is 6.92 Å². The first kappa shape index (κ1) is 14.0. The zero-order valence-corrected chi connectivity index (χ0v) is 11.3. The van der Waals surface area contributed by atoms with E-state index in [2.05, 4.69) is 9.44 Å². The van der Waals surface area contributed by atoms with Crippen molar-refractivity contribution in [1.82, 2.24) is 0 Å². The molecule has 0 unspecified atom stereocenters. The highest BCUT2D eigenvalue weighted by molar-refractivity contribution is 7.86. The smallest absolute Gasteiger partial charge is 0.267 e. The first-order valence-corrected chi connectivity index (χ1v) is 7.12. The molecule has 0 heterocycles. The number of rotatable bonds is 5. The van der Waals surface area contributed by atoms with Crippen LogP contribution in [0.5, 0.6) is 0 Å². The Kier molecular flexibility index (Phi) is 4.96. The van der Waals surface area contributed by atoms with E-state index in [-0.39, 0.29) is 10.9 Å². The molecule has 0 aromatic heterocycles. The van der Waals surface area contributed by atoms with E-state index < -0.39 is 10.1 Å². The molecule has 0 spiro atoms. The van der Waals surface area contributed by atoms with Crippen LogP contribution in [0.15, 0.2) is 29.4 Å². The van der Waals surface area contributed by atoms with Crippen molar-refractivity contribution in [3.05, 3.63) is 35.4 Å². The van der Waals surface area contributed by atoms with E-state index in [1.807, 2.05) is 19.1 Å². The molecule has 0 saturated heterocycles. The van der Waals surface area contributed by atoms with Gasteiger partial charge in [-0.05, 0) is 13.3 Å². The first-order valence-electron chi connectivity index (χ1n) is 5.16. The Balaban J connectivity index is 2.77. The van der Waals surface area contributed by atoms with Crippen LogP contribution in [0.25, 0.3) is 0 Å². The zero-order valence-electron chi connectivity index (χ0n) is 9.68. The molecule has 0 amide bonds. The summed E-state index contributed by atoms with van der Waals surface area (Å²) in [4.78, 5) is 0. The second-order valence-corrected chi connectivity index (χ2v) is 5.62. The lowest BCUT2D eigenvalue weighted by molar-refractivity contribution is 0.340. The minimum absolute atomic E-state index is 0.0182. The van der Waals surface area contributed by atoms with Gasteiger partial charge in [0.25, 0.3) is 0 Å². The summed E-state index contributed by atoms with van der Waals surface area (Å²) in [7, 11) is -3.61. The van der Waals surface area contributed by atoms with Gasteiger partial charge in [0.05, 0.1) is 5.75 Å². The lowest BCUT2D eigenvalue weighted by Gasteiger charge is -2.01. The molecule has 94 valence electrons. The fourth-order valence-corrected chi connectivity index (χ4v) is 2.08. The van der Waals surface area contributed by atoms with Crippen LogP contribution in [0.2, 0.25) is 0 Å². The van der Waals surface area contributed by atoms with Gasteiger partial charge in [0.2, 0.25) is 0 Å². The molecule has 1 aromatic carbocycles. The molecule has 0 fully saturated rings. The normalized spacial score (nSPS) is 12.5. The first-order chi connectivity index (χ1) is 7.94. The van der Waals surface area contributed by atoms with Crippen molar-refractivity contribution >= 4 is 26.9 Å². The number of aryl methyl sites for hydroxylation is 1. The second kappa shape index (κ2) is 6.02. The molecule has 0 atom stereocenters. The third-order valence-corrected chi connectivity index (χ3v) is 3.47. The van der Waals surface area contributed by atoms with Gasteiger partial charge < -0.3 is 0 Å². The number of hydrogen-bond donors (Lipinski definition) is 0. The van der Waals surface area contributed by atoms with Gasteiger partial charge in [0.1, 0.15) is 0 Å². The van der Waals surface area contributed by atoms with Crippen molar-refractivity contribution < 1.29 is 12.7 Å². The summed E-state index contributed by atoms with van der Waals surface area (Å²) in [6, 6.07) is 7.20. The van der Waals surface area contributed by atoms with Crippen LogP contribution < -0.4 is 0 Å². The quantitative estimate of drug-likeness (QED) is 0.613. The molecular weight excluding hydrogens is 262 g/mol. The van der Waals surface area contributed by atoms with Crippen molar-refractivity contribution in [2.24, 2.45) is 5.16 Å². The zero-order chi connectivity index (χ0) is 12.9. The minimum atomic E-state index is -3.61. The maximum Gasteiger partial charge on any atom is 0.328 e. The van der Waals surface area contributed by atoms with E-state index in [4.69, 9.17) is 11.6 Å². The number of hydrogen-bond acceptors (Lipinski definition) is 4. The molecule has 0 aliphatic heterocycles. The molecule has 0 saturated carbocycles. The predicted octanol–water partition coefficient (Wildman–Crippen LogP) is 2.65. The highest BCUT2D eigenvalue weighted by atomic mass is 35.5. The molecule has 1 aromatic rings. The Hall–Kier alpha value is -1.07. The van der Waals surface area contributed by atoms with Gasteiger partial charge in [0, 0.05) is 5.56 Å². The molecule has 0 radical (unpaired) electrons. The summed E-state index contributed by atoms with van der Waals surface area (Å²) < 4.78 is 26.9. The third kappa shape index (κ3) is 4.75. The maximum atomic E-state index is 11.2. The molecule has 1 rings (SSSR count). The van der Waals surface area contributed by atoms with E-state index in [1.54, 1.807) is 19.1 Å². The van der Waals surface area contributed by atoms with Crippen LogP contribution in [0.1, 0.15) is 24.5 Å². The Morgan fingerprint density at radius 2 is 1.94 bits per heavy atom. The molecule has 17 heavy (non-hydrogen) atoms. The van der Waals surface area contributed by atoms with Gasteiger partial charge in [-0.2, -0.15) is 8.42 Å². The summed E-state index contributed by atoms with van der Waals surface area (Å²) in [5.41, 5.74) is 1.70. The van der Waals surface area contributed by atoms with Gasteiger partial charge in [-0.25, -0.2) is 0 Å². The molecule has 4 nitrogen and oxygen atoms in total. The summed E-state index contributed by atoms with van der Waals surface area (Å²) in [5, 5.41) is 3.43. The van der Waals surface area contributed by atoms with E-state index in [9.17, 15) is 8.42 Å². The fourth-order valence-electron chi connectivity index (χ4n) is 1.12. The van der Waals surface area contributed by atoms with E-state index in [0.717, 1.165) is 5.56 Å². The van der Waals surface area contributed by atoms with Crippen LogP contribution in [-0.2, 0) is 14.4 Å². The lowest BCUT2D eigenvalue weighted by Crippen LogP contribution is -2.07. The number of halogens is 1. The van der Waals surface area contributed by atoms with Gasteiger partial charge in [0.15, 0.2) is 5.17 Å². The van der Waals surface area contributed by atoms with Crippen molar-refractivity contribution in [3.8, 4) is 0 Å². The number of benzene rings is 1. The van der Waals surface area contributed by atoms with E-state index in [1.165, 1.54) is 0 Å². The average Bonchev–Trinajstić information content (AvgIpc) is 2.27. The topological polar surface area (TPSA) is 55.7 Å². The summed E-state index contributed by atoms with van der Waals surface area (Å²) >= 11 is 5.83. The standard InChI is InChI=1S/C11H14ClNO3S/c1-3-8-17(14,15)16-13-11(12)10-6-4-9(2)5-7-10/h4-7H,3,8H2,1-2H3/b13-11-. The average molecular weight is 276 g/mol. The van der Waals surface area contributed by atoms with Gasteiger partial charge in [-0.3, -0.25) is 4.28 Å². The number of nitrogens with zero attached hydrogens (tertiary/aromatic N) is 1. The minimum Gasteiger partial charge on any atom is -0.267 e. The highest BCUT2D eigenvalue weighted by Gasteiger charge is 2.10. The van der Waals surface area contributed by atoms with E-state index >= 15 is 0 Å². The van der Waals surface area contributed by atoms with Gasteiger partial charge >= 0.3 is 10.1 Å². The SMILES string of the molecule is CCCS(=O)(=O)O/N=C(\Cl)c1ccc(C)cc1. The highest BCUT2D eigenvalue weighted by Crippen LogP contribution is 2.09. The molecule has 0 bridgehead atoms. The van der Waals surface area contributed by atoms with Crippen molar-refractivity contribution in [1.29, 1.82) is 0 Å². The van der Waals surface area contributed by atoms with E-state index in [0.29, 0.717) is 12.0 Å².